The minimum absolute atomic E-state index is 0.349. The van der Waals surface area contributed by atoms with Gasteiger partial charge in [0.2, 0.25) is 0 Å². The van der Waals surface area contributed by atoms with Gasteiger partial charge >= 0.3 is 0 Å². The highest BCUT2D eigenvalue weighted by Crippen LogP contribution is 2.15. The first kappa shape index (κ1) is 16.8. The third-order valence-electron chi connectivity index (χ3n) is 4.13. The number of aliphatic imine (C=N–C) groups is 1. The van der Waals surface area contributed by atoms with Gasteiger partial charge in [0.05, 0.1) is 4.90 Å². The van der Waals surface area contributed by atoms with Gasteiger partial charge in [0.15, 0.2) is 15.8 Å². The molecule has 0 amide bonds. The Morgan fingerprint density at radius 1 is 1.27 bits per heavy atom. The fraction of sp³-hybridized carbons (Fsp3) is 0.562. The SMILES string of the molecule is CC1CCN(C(N)=NCCc2ccc(S(C)(=O)=O)cc2)CC1. The number of guanidine groups is 1. The summed E-state index contributed by atoms with van der Waals surface area (Å²) in [6.45, 7) is 4.86. The predicted octanol–water partition coefficient (Wildman–Crippen LogP) is 1.68. The smallest absolute Gasteiger partial charge is 0.191 e. The van der Waals surface area contributed by atoms with Crippen LogP contribution in [0.3, 0.4) is 0 Å². The Kier molecular flexibility index (Phi) is 5.45. The van der Waals surface area contributed by atoms with Gasteiger partial charge in [-0.05, 0) is 42.9 Å². The summed E-state index contributed by atoms with van der Waals surface area (Å²) < 4.78 is 22.8. The molecule has 0 radical (unpaired) electrons. The first-order chi connectivity index (χ1) is 10.4. The zero-order valence-corrected chi connectivity index (χ0v) is 14.1. The number of benzene rings is 1. The van der Waals surface area contributed by atoms with Crippen LogP contribution in [-0.4, -0.2) is 45.2 Å². The van der Waals surface area contributed by atoms with Crippen LogP contribution in [0.4, 0.5) is 0 Å². The molecule has 22 heavy (non-hydrogen) atoms. The molecule has 1 aromatic carbocycles. The van der Waals surface area contributed by atoms with Crippen molar-refractivity contribution in [1.82, 2.24) is 4.90 Å². The molecule has 0 saturated carbocycles. The number of rotatable bonds is 4. The number of piperidine rings is 1. The van der Waals surface area contributed by atoms with Crippen LogP contribution in [0.1, 0.15) is 25.3 Å². The molecule has 2 N–H and O–H groups in total. The summed E-state index contributed by atoms with van der Waals surface area (Å²) in [6.07, 6.45) is 4.31. The number of nitrogens with two attached hydrogens (primary N) is 1. The molecular weight excluding hydrogens is 298 g/mol. The van der Waals surface area contributed by atoms with Crippen molar-refractivity contribution in [1.29, 1.82) is 0 Å². The fourth-order valence-corrected chi connectivity index (χ4v) is 3.17. The van der Waals surface area contributed by atoms with Gasteiger partial charge in [-0.25, -0.2) is 8.42 Å². The van der Waals surface area contributed by atoms with Crippen molar-refractivity contribution >= 4 is 15.8 Å². The van der Waals surface area contributed by atoms with Gasteiger partial charge in [0, 0.05) is 25.9 Å². The highest BCUT2D eigenvalue weighted by Gasteiger charge is 2.16. The molecule has 1 saturated heterocycles. The summed E-state index contributed by atoms with van der Waals surface area (Å²) in [7, 11) is -3.13. The molecule has 0 spiro atoms. The second-order valence-corrected chi connectivity index (χ2v) is 8.09. The molecule has 1 aliphatic heterocycles. The van der Waals surface area contributed by atoms with Crippen molar-refractivity contribution in [2.45, 2.75) is 31.1 Å². The fourth-order valence-electron chi connectivity index (χ4n) is 2.54. The van der Waals surface area contributed by atoms with Gasteiger partial charge in [0.25, 0.3) is 0 Å². The average molecular weight is 323 g/mol. The van der Waals surface area contributed by atoms with Crippen molar-refractivity contribution in [3.8, 4) is 0 Å². The second-order valence-electron chi connectivity index (χ2n) is 6.08. The number of likely N-dealkylation sites (tertiary alicyclic amines) is 1. The highest BCUT2D eigenvalue weighted by atomic mass is 32.2. The molecular formula is C16H25N3O2S. The van der Waals surface area contributed by atoms with E-state index in [2.05, 4.69) is 16.8 Å². The van der Waals surface area contributed by atoms with Crippen molar-refractivity contribution < 1.29 is 8.42 Å². The van der Waals surface area contributed by atoms with Gasteiger partial charge in [-0.3, -0.25) is 4.99 Å². The maximum atomic E-state index is 11.4. The van der Waals surface area contributed by atoms with E-state index < -0.39 is 9.84 Å². The second kappa shape index (κ2) is 7.13. The van der Waals surface area contributed by atoms with Crippen LogP contribution >= 0.6 is 0 Å². The molecule has 0 aromatic heterocycles. The topological polar surface area (TPSA) is 75.8 Å². The minimum atomic E-state index is -3.13. The lowest BCUT2D eigenvalue weighted by Gasteiger charge is -2.31. The van der Waals surface area contributed by atoms with E-state index in [1.807, 2.05) is 12.1 Å². The first-order valence-electron chi connectivity index (χ1n) is 7.70. The van der Waals surface area contributed by atoms with E-state index >= 15 is 0 Å². The van der Waals surface area contributed by atoms with Gasteiger partial charge in [-0.1, -0.05) is 19.1 Å². The lowest BCUT2D eigenvalue weighted by Crippen LogP contribution is -2.42. The lowest BCUT2D eigenvalue weighted by atomic mass is 10.00. The van der Waals surface area contributed by atoms with Gasteiger partial charge in [0.1, 0.15) is 0 Å². The van der Waals surface area contributed by atoms with Gasteiger partial charge in [-0.15, -0.1) is 0 Å². The minimum Gasteiger partial charge on any atom is -0.370 e. The van der Waals surface area contributed by atoms with Gasteiger partial charge < -0.3 is 10.6 Å². The zero-order valence-electron chi connectivity index (χ0n) is 13.3. The van der Waals surface area contributed by atoms with Crippen molar-refractivity contribution in [3.05, 3.63) is 29.8 Å². The standard InChI is InChI=1S/C16H25N3O2S/c1-13-8-11-19(12-9-13)16(17)18-10-7-14-3-5-15(6-4-14)22(2,20)21/h3-6,13H,7-12H2,1-2H3,(H2,17,18). The average Bonchev–Trinajstić information content (AvgIpc) is 2.47. The van der Waals surface area contributed by atoms with Crippen LogP contribution in [0.25, 0.3) is 0 Å². The predicted molar refractivity (Wildman–Crippen MR) is 89.7 cm³/mol. The Hall–Kier alpha value is -1.56. The Morgan fingerprint density at radius 2 is 1.86 bits per heavy atom. The van der Waals surface area contributed by atoms with Gasteiger partial charge in [-0.2, -0.15) is 0 Å². The third kappa shape index (κ3) is 4.73. The Balaban J connectivity index is 1.86. The van der Waals surface area contributed by atoms with Crippen molar-refractivity contribution in [3.63, 3.8) is 0 Å². The van der Waals surface area contributed by atoms with E-state index in [0.29, 0.717) is 17.4 Å². The highest BCUT2D eigenvalue weighted by molar-refractivity contribution is 7.90. The van der Waals surface area contributed by atoms with Crippen LogP contribution in [0.2, 0.25) is 0 Å². The van der Waals surface area contributed by atoms with Crippen LogP contribution in [0.15, 0.2) is 34.2 Å². The van der Waals surface area contributed by atoms with Crippen LogP contribution in [-0.2, 0) is 16.3 Å². The molecule has 5 nitrogen and oxygen atoms in total. The Labute approximate surface area is 133 Å². The maximum Gasteiger partial charge on any atom is 0.191 e. The molecule has 6 heteroatoms. The van der Waals surface area contributed by atoms with E-state index in [4.69, 9.17) is 5.73 Å². The molecule has 0 atom stereocenters. The number of hydrogen-bond donors (Lipinski definition) is 1. The molecule has 1 aliphatic rings. The summed E-state index contributed by atoms with van der Waals surface area (Å²) in [5, 5.41) is 0. The Bertz CT molecular complexity index is 615. The van der Waals surface area contributed by atoms with E-state index in [-0.39, 0.29) is 0 Å². The molecule has 0 aliphatic carbocycles. The summed E-state index contributed by atoms with van der Waals surface area (Å²) in [6, 6.07) is 6.96. The van der Waals surface area contributed by atoms with Crippen LogP contribution in [0, 0.1) is 5.92 Å². The maximum absolute atomic E-state index is 11.4. The van der Waals surface area contributed by atoms with Crippen molar-refractivity contribution in [2.75, 3.05) is 25.9 Å². The normalized spacial score (nSPS) is 17.7. The molecule has 122 valence electrons. The number of hydrogen-bond acceptors (Lipinski definition) is 3. The van der Waals surface area contributed by atoms with Crippen LogP contribution < -0.4 is 5.73 Å². The Morgan fingerprint density at radius 3 is 2.41 bits per heavy atom. The quantitative estimate of drug-likeness (QED) is 0.675. The van der Waals surface area contributed by atoms with Crippen LogP contribution in [0.5, 0.6) is 0 Å². The summed E-state index contributed by atoms with van der Waals surface area (Å²) in [4.78, 5) is 6.94. The van der Waals surface area contributed by atoms with E-state index in [9.17, 15) is 8.42 Å². The zero-order chi connectivity index (χ0) is 16.2. The molecule has 0 unspecified atom stereocenters. The number of nitrogens with zero attached hydrogens (tertiary/aromatic N) is 2. The van der Waals surface area contributed by atoms with E-state index in [1.165, 1.54) is 19.1 Å². The third-order valence-corrected chi connectivity index (χ3v) is 5.26. The van der Waals surface area contributed by atoms with Crippen molar-refractivity contribution in [2.24, 2.45) is 16.6 Å². The molecule has 1 aromatic rings. The monoisotopic (exact) mass is 323 g/mol. The summed E-state index contributed by atoms with van der Waals surface area (Å²) in [5.41, 5.74) is 7.10. The van der Waals surface area contributed by atoms with E-state index in [0.717, 1.165) is 31.0 Å². The molecule has 1 fully saturated rings. The largest absolute Gasteiger partial charge is 0.370 e. The molecule has 1 heterocycles. The van der Waals surface area contributed by atoms with E-state index in [1.54, 1.807) is 12.1 Å². The lowest BCUT2D eigenvalue weighted by molar-refractivity contribution is 0.277. The summed E-state index contributed by atoms with van der Waals surface area (Å²) >= 11 is 0. The summed E-state index contributed by atoms with van der Waals surface area (Å²) in [5.74, 6) is 1.40. The molecule has 2 rings (SSSR count). The first-order valence-corrected chi connectivity index (χ1v) is 9.59. The molecule has 0 bridgehead atoms. The number of sulfone groups is 1.